The van der Waals surface area contributed by atoms with Crippen molar-refractivity contribution in [2.24, 2.45) is 0 Å². The van der Waals surface area contributed by atoms with Gasteiger partial charge in [0.15, 0.2) is 5.76 Å². The van der Waals surface area contributed by atoms with E-state index in [1.54, 1.807) is 0 Å². The van der Waals surface area contributed by atoms with Crippen LogP contribution >= 0.6 is 11.6 Å². The summed E-state index contributed by atoms with van der Waals surface area (Å²) in [6.07, 6.45) is 14.5. The smallest absolute Gasteiger partial charge is 0.158 e. The van der Waals surface area contributed by atoms with Crippen molar-refractivity contribution >= 4 is 28.3 Å². The number of benzene rings is 1. The van der Waals surface area contributed by atoms with E-state index < -0.39 is 6.10 Å². The Morgan fingerprint density at radius 3 is 2.21 bits per heavy atom. The second-order valence-corrected chi connectivity index (χ2v) is 10.1. The van der Waals surface area contributed by atoms with Gasteiger partial charge >= 0.3 is 0 Å². The minimum atomic E-state index is -0.691. The fourth-order valence-electron chi connectivity index (χ4n) is 4.41. The summed E-state index contributed by atoms with van der Waals surface area (Å²) in [7, 11) is 0. The van der Waals surface area contributed by atoms with E-state index in [1.807, 2.05) is 18.2 Å². The molecule has 1 aromatic carbocycles. The summed E-state index contributed by atoms with van der Waals surface area (Å²) < 4.78 is 6.12. The Labute approximate surface area is 206 Å². The van der Waals surface area contributed by atoms with Crippen molar-refractivity contribution in [3.05, 3.63) is 30.0 Å². The summed E-state index contributed by atoms with van der Waals surface area (Å²) in [5, 5.41) is 19.0. The molecule has 2 unspecified atom stereocenters. The minimum absolute atomic E-state index is 0.309. The molecule has 0 aliphatic carbocycles. The average Bonchev–Trinajstić information content (AvgIpc) is 3.18. The van der Waals surface area contributed by atoms with Crippen LogP contribution in [-0.2, 0) is 0 Å². The first kappa shape index (κ1) is 28.0. The molecule has 0 fully saturated rings. The molecule has 188 valence electrons. The predicted molar refractivity (Wildman–Crippen MR) is 144 cm³/mol. The molecule has 0 saturated heterocycles. The van der Waals surface area contributed by atoms with Crippen LogP contribution in [0.5, 0.6) is 0 Å². The number of aliphatic hydroxyl groups is 1. The highest BCUT2D eigenvalue weighted by atomic mass is 35.5. The van der Waals surface area contributed by atoms with Gasteiger partial charge in [0, 0.05) is 29.9 Å². The number of furan rings is 1. The molecule has 5 heteroatoms. The topological polar surface area (TPSA) is 57.4 Å². The molecule has 0 aliphatic heterocycles. The summed E-state index contributed by atoms with van der Waals surface area (Å²) in [6, 6.07) is 8.69. The SMILES string of the molecule is CCCCCCCCCCCC(CCCCl)Nc1c(C(O)CNC(C)C)oc2ccccc12. The van der Waals surface area contributed by atoms with E-state index >= 15 is 0 Å². The van der Waals surface area contributed by atoms with Gasteiger partial charge in [-0.1, -0.05) is 90.7 Å². The summed E-state index contributed by atoms with van der Waals surface area (Å²) in [5.41, 5.74) is 1.76. The van der Waals surface area contributed by atoms with E-state index in [1.165, 1.54) is 57.8 Å². The molecule has 0 amide bonds. The van der Waals surface area contributed by atoms with Crippen molar-refractivity contribution in [3.63, 3.8) is 0 Å². The van der Waals surface area contributed by atoms with Crippen LogP contribution in [0.4, 0.5) is 5.69 Å². The number of nitrogens with one attached hydrogen (secondary N) is 2. The van der Waals surface area contributed by atoms with Gasteiger partial charge in [0.05, 0.1) is 5.69 Å². The van der Waals surface area contributed by atoms with Crippen LogP contribution in [0.25, 0.3) is 11.0 Å². The zero-order valence-electron chi connectivity index (χ0n) is 21.2. The van der Waals surface area contributed by atoms with E-state index in [4.69, 9.17) is 16.0 Å². The maximum absolute atomic E-state index is 10.9. The minimum Gasteiger partial charge on any atom is -0.456 e. The number of halogens is 1. The lowest BCUT2D eigenvalue weighted by atomic mass is 10.0. The predicted octanol–water partition coefficient (Wildman–Crippen LogP) is 8.18. The summed E-state index contributed by atoms with van der Waals surface area (Å²) in [6.45, 7) is 6.90. The van der Waals surface area contributed by atoms with Crippen LogP contribution in [0.1, 0.15) is 110 Å². The number of aliphatic hydroxyl groups excluding tert-OH is 1. The Bertz CT molecular complexity index is 761. The molecule has 2 rings (SSSR count). The molecule has 2 aromatic rings. The molecule has 1 heterocycles. The summed E-state index contributed by atoms with van der Waals surface area (Å²) in [4.78, 5) is 0. The summed E-state index contributed by atoms with van der Waals surface area (Å²) >= 11 is 6.04. The van der Waals surface area contributed by atoms with Gasteiger partial charge in [-0.25, -0.2) is 0 Å². The van der Waals surface area contributed by atoms with E-state index in [2.05, 4.69) is 37.5 Å². The third-order valence-corrected chi connectivity index (χ3v) is 6.60. The van der Waals surface area contributed by atoms with Crippen molar-refractivity contribution in [2.45, 2.75) is 116 Å². The van der Waals surface area contributed by atoms with Crippen LogP contribution in [0, 0.1) is 0 Å². The van der Waals surface area contributed by atoms with Crippen molar-refractivity contribution in [2.75, 3.05) is 17.7 Å². The highest BCUT2D eigenvalue weighted by molar-refractivity contribution is 6.17. The van der Waals surface area contributed by atoms with Gasteiger partial charge < -0.3 is 20.2 Å². The molecule has 0 radical (unpaired) electrons. The van der Waals surface area contributed by atoms with Gasteiger partial charge in [0.1, 0.15) is 11.7 Å². The number of rotatable bonds is 19. The van der Waals surface area contributed by atoms with Crippen molar-refractivity contribution in [1.29, 1.82) is 0 Å². The molecule has 4 nitrogen and oxygen atoms in total. The molecule has 0 bridgehead atoms. The second-order valence-electron chi connectivity index (χ2n) is 9.71. The Hall–Kier alpha value is -1.23. The number of alkyl halides is 1. The largest absolute Gasteiger partial charge is 0.456 e. The molecule has 2 atom stereocenters. The van der Waals surface area contributed by atoms with Crippen LogP contribution < -0.4 is 10.6 Å². The second kappa shape index (κ2) is 16.4. The van der Waals surface area contributed by atoms with Gasteiger partial charge in [0.25, 0.3) is 0 Å². The molecular weight excluding hydrogens is 432 g/mol. The zero-order valence-corrected chi connectivity index (χ0v) is 21.9. The van der Waals surface area contributed by atoms with Gasteiger partial charge in [-0.3, -0.25) is 0 Å². The molecule has 1 aromatic heterocycles. The molecular formula is C28H47ClN2O2. The highest BCUT2D eigenvalue weighted by Crippen LogP contribution is 2.36. The number of unbranched alkanes of at least 4 members (excludes halogenated alkanes) is 8. The van der Waals surface area contributed by atoms with E-state index in [0.29, 0.717) is 30.3 Å². The third-order valence-electron chi connectivity index (χ3n) is 6.34. The molecule has 3 N–H and O–H groups in total. The van der Waals surface area contributed by atoms with Crippen molar-refractivity contribution in [3.8, 4) is 0 Å². The van der Waals surface area contributed by atoms with Gasteiger partial charge in [-0.15, -0.1) is 11.6 Å². The Kier molecular flexibility index (Phi) is 13.9. The van der Waals surface area contributed by atoms with Crippen molar-refractivity contribution in [1.82, 2.24) is 5.32 Å². The fraction of sp³-hybridized carbons (Fsp3) is 0.714. The maximum atomic E-state index is 10.9. The van der Waals surface area contributed by atoms with Crippen LogP contribution in [0.15, 0.2) is 28.7 Å². The highest BCUT2D eigenvalue weighted by Gasteiger charge is 2.23. The number of hydrogen-bond acceptors (Lipinski definition) is 4. The Morgan fingerprint density at radius 2 is 1.55 bits per heavy atom. The van der Waals surface area contributed by atoms with Gasteiger partial charge in [-0.2, -0.15) is 0 Å². The Morgan fingerprint density at radius 1 is 0.909 bits per heavy atom. The lowest BCUT2D eigenvalue weighted by molar-refractivity contribution is 0.148. The van der Waals surface area contributed by atoms with Gasteiger partial charge in [0.2, 0.25) is 0 Å². The molecule has 0 saturated carbocycles. The van der Waals surface area contributed by atoms with Crippen molar-refractivity contribution < 1.29 is 9.52 Å². The molecule has 0 spiro atoms. The lowest BCUT2D eigenvalue weighted by Crippen LogP contribution is -2.28. The van der Waals surface area contributed by atoms with E-state index in [-0.39, 0.29) is 0 Å². The van der Waals surface area contributed by atoms with E-state index in [9.17, 15) is 5.11 Å². The normalized spacial score (nSPS) is 13.6. The van der Waals surface area contributed by atoms with Crippen LogP contribution in [-0.4, -0.2) is 29.6 Å². The number of para-hydroxylation sites is 1. The Balaban J connectivity index is 1.97. The third kappa shape index (κ3) is 10.3. The monoisotopic (exact) mass is 478 g/mol. The van der Waals surface area contributed by atoms with Crippen LogP contribution in [0.3, 0.4) is 0 Å². The quantitative estimate of drug-likeness (QED) is 0.141. The lowest BCUT2D eigenvalue weighted by Gasteiger charge is -2.21. The average molecular weight is 479 g/mol. The van der Waals surface area contributed by atoms with Crippen LogP contribution in [0.2, 0.25) is 0 Å². The molecule has 0 aliphatic rings. The fourth-order valence-corrected chi connectivity index (χ4v) is 4.56. The number of anilines is 1. The molecule has 33 heavy (non-hydrogen) atoms. The first-order chi connectivity index (χ1) is 16.1. The maximum Gasteiger partial charge on any atom is 0.158 e. The number of hydrogen-bond donors (Lipinski definition) is 3. The van der Waals surface area contributed by atoms with E-state index in [0.717, 1.165) is 35.9 Å². The van der Waals surface area contributed by atoms with Gasteiger partial charge in [-0.05, 0) is 31.4 Å². The zero-order chi connectivity index (χ0) is 23.9. The first-order valence-electron chi connectivity index (χ1n) is 13.3. The summed E-state index contributed by atoms with van der Waals surface area (Å²) in [5.74, 6) is 1.31. The number of fused-ring (bicyclic) bond motifs is 1. The standard InChI is InChI=1S/C28H47ClN2O2/c1-4-5-6-7-8-9-10-11-12-16-23(17-15-20-29)31-27-24-18-13-14-19-26(24)33-28(27)25(32)21-30-22(2)3/h13-14,18-19,22-23,25,30-32H,4-12,15-17,20-21H2,1-3H3. The first-order valence-corrected chi connectivity index (χ1v) is 13.9.